The van der Waals surface area contributed by atoms with Crippen LogP contribution >= 0.6 is 11.6 Å². The summed E-state index contributed by atoms with van der Waals surface area (Å²) < 4.78 is 40.5. The van der Waals surface area contributed by atoms with E-state index < -0.39 is 34.1 Å². The van der Waals surface area contributed by atoms with Gasteiger partial charge in [0, 0.05) is 49.4 Å². The minimum atomic E-state index is -3.84. The van der Waals surface area contributed by atoms with Gasteiger partial charge in [0.25, 0.3) is 5.91 Å². The molecule has 1 aliphatic heterocycles. The second-order valence-electron chi connectivity index (χ2n) is 12.0. The van der Waals surface area contributed by atoms with Crippen LogP contribution in [0.3, 0.4) is 0 Å². The van der Waals surface area contributed by atoms with Crippen molar-refractivity contribution in [3.63, 3.8) is 0 Å². The molecule has 3 amide bonds. The molecular formula is C32H47ClN4O7S. The number of nitrogens with zero attached hydrogens (tertiary/aromatic N) is 2. The number of rotatable bonds is 8. The fraction of sp³-hybridized carbons (Fsp3) is 0.562. The Morgan fingerprint density at radius 3 is 2.47 bits per heavy atom. The summed E-state index contributed by atoms with van der Waals surface area (Å²) in [4.78, 5) is 28.3. The van der Waals surface area contributed by atoms with Crippen molar-refractivity contribution >= 4 is 39.2 Å². The molecule has 0 bridgehead atoms. The molecule has 0 radical (unpaired) electrons. The van der Waals surface area contributed by atoms with Crippen molar-refractivity contribution in [2.24, 2.45) is 5.92 Å². The number of hydrogen-bond acceptors (Lipinski definition) is 7. The smallest absolute Gasteiger partial charge is 0.319 e. The summed E-state index contributed by atoms with van der Waals surface area (Å²) in [6.07, 6.45) is 1.47. The van der Waals surface area contributed by atoms with Crippen LogP contribution in [0.2, 0.25) is 5.02 Å². The number of aliphatic hydroxyl groups excluding tert-OH is 1. The molecule has 3 rings (SSSR count). The summed E-state index contributed by atoms with van der Waals surface area (Å²) in [6, 6.07) is 9.88. The molecule has 0 spiro atoms. The summed E-state index contributed by atoms with van der Waals surface area (Å²) in [5, 5.41) is 16.1. The van der Waals surface area contributed by atoms with Gasteiger partial charge in [0.2, 0.25) is 10.0 Å². The van der Waals surface area contributed by atoms with E-state index in [0.717, 1.165) is 12.8 Å². The number of carbonyl (C=O) groups is 2. The number of likely N-dealkylation sites (N-methyl/N-ethyl adjacent to an activating group) is 1. The second-order valence-corrected chi connectivity index (χ2v) is 14.5. The minimum absolute atomic E-state index is 0.0524. The molecular weight excluding hydrogens is 620 g/mol. The lowest BCUT2D eigenvalue weighted by Gasteiger charge is -2.35. The van der Waals surface area contributed by atoms with Gasteiger partial charge >= 0.3 is 6.03 Å². The number of anilines is 1. The van der Waals surface area contributed by atoms with E-state index >= 15 is 0 Å². The number of aliphatic hydroxyl groups is 1. The van der Waals surface area contributed by atoms with E-state index in [9.17, 15) is 23.1 Å². The van der Waals surface area contributed by atoms with Crippen LogP contribution in [0.1, 0.15) is 64.2 Å². The first-order valence-corrected chi connectivity index (χ1v) is 17.2. The van der Waals surface area contributed by atoms with Crippen LogP contribution in [0.15, 0.2) is 47.4 Å². The first-order chi connectivity index (χ1) is 21.2. The molecule has 0 fully saturated rings. The maximum atomic E-state index is 14.2. The molecule has 0 saturated heterocycles. The number of fused-ring (bicyclic) bond motifs is 1. The zero-order chi connectivity index (χ0) is 33.3. The van der Waals surface area contributed by atoms with Crippen molar-refractivity contribution in [1.82, 2.24) is 14.5 Å². The molecule has 0 saturated carbocycles. The van der Waals surface area contributed by atoms with Gasteiger partial charge in [0.15, 0.2) is 0 Å². The van der Waals surface area contributed by atoms with Gasteiger partial charge in [-0.3, -0.25) is 4.79 Å². The lowest BCUT2D eigenvalue weighted by Crippen LogP contribution is -2.48. The average Bonchev–Trinajstić information content (AvgIpc) is 2.98. The van der Waals surface area contributed by atoms with Crippen molar-refractivity contribution in [1.29, 1.82) is 0 Å². The molecule has 13 heteroatoms. The van der Waals surface area contributed by atoms with Gasteiger partial charge in [-0.25, -0.2) is 13.2 Å². The molecule has 1 heterocycles. The Morgan fingerprint density at radius 2 is 1.82 bits per heavy atom. The monoisotopic (exact) mass is 666 g/mol. The summed E-state index contributed by atoms with van der Waals surface area (Å²) in [5.74, 6) is -0.338. The van der Waals surface area contributed by atoms with Crippen molar-refractivity contribution in [3.05, 3.63) is 53.1 Å². The molecule has 45 heavy (non-hydrogen) atoms. The number of halogens is 1. The molecule has 1 aliphatic rings. The first-order valence-electron chi connectivity index (χ1n) is 15.4. The number of amides is 3. The third-order valence-corrected chi connectivity index (χ3v) is 9.78. The van der Waals surface area contributed by atoms with Crippen LogP contribution in [0, 0.1) is 5.92 Å². The van der Waals surface area contributed by atoms with Crippen molar-refractivity contribution < 1.29 is 32.6 Å². The van der Waals surface area contributed by atoms with E-state index in [2.05, 4.69) is 10.6 Å². The van der Waals surface area contributed by atoms with E-state index in [1.165, 1.54) is 35.6 Å². The predicted molar refractivity (Wildman–Crippen MR) is 175 cm³/mol. The lowest BCUT2D eigenvalue weighted by atomic mass is 10.0. The average molecular weight is 667 g/mol. The van der Waals surface area contributed by atoms with Crippen LogP contribution in [0.5, 0.6) is 5.75 Å². The second kappa shape index (κ2) is 16.6. The Morgan fingerprint density at radius 1 is 1.13 bits per heavy atom. The van der Waals surface area contributed by atoms with E-state index in [1.807, 2.05) is 27.7 Å². The van der Waals surface area contributed by atoms with Crippen LogP contribution in [0.25, 0.3) is 0 Å². The Bertz CT molecular complexity index is 1390. The summed E-state index contributed by atoms with van der Waals surface area (Å²) in [6.45, 7) is 9.59. The minimum Gasteiger partial charge on any atom is -0.490 e. The van der Waals surface area contributed by atoms with E-state index in [0.29, 0.717) is 29.5 Å². The summed E-state index contributed by atoms with van der Waals surface area (Å²) >= 11 is 5.97. The van der Waals surface area contributed by atoms with Crippen LogP contribution in [0.4, 0.5) is 10.5 Å². The Hall–Kier alpha value is -2.90. The number of hydrogen-bond donors (Lipinski definition) is 3. The molecule has 0 aromatic heterocycles. The van der Waals surface area contributed by atoms with Gasteiger partial charge in [-0.05, 0) is 89.4 Å². The number of carbonyl (C=O) groups excluding carboxylic acids is 2. The first kappa shape index (κ1) is 36.6. The Labute approximate surface area is 272 Å². The number of nitrogens with one attached hydrogen (secondary N) is 2. The SMILES string of the molecule is CC(C)NC(=O)Nc1ccc2c(c1)C(=O)N([C@H](C)CO)C[C@H](C)[C@@H](CN(C)S(=O)(=O)c1ccc(Cl)cc1)OCCCC[C@@H](C)O2. The molecule has 4 atom stereocenters. The molecule has 2 aromatic carbocycles. The van der Waals surface area contributed by atoms with Gasteiger partial charge in [0.05, 0.1) is 35.3 Å². The van der Waals surface area contributed by atoms with Gasteiger partial charge in [-0.2, -0.15) is 4.31 Å². The largest absolute Gasteiger partial charge is 0.490 e. The quantitative estimate of drug-likeness (QED) is 0.361. The maximum Gasteiger partial charge on any atom is 0.319 e. The Kier molecular flexibility index (Phi) is 13.5. The molecule has 250 valence electrons. The van der Waals surface area contributed by atoms with Crippen molar-refractivity contribution in [2.75, 3.05) is 38.7 Å². The summed E-state index contributed by atoms with van der Waals surface area (Å²) in [7, 11) is -2.33. The number of ether oxygens (including phenoxy) is 2. The zero-order valence-electron chi connectivity index (χ0n) is 27.0. The van der Waals surface area contributed by atoms with Crippen LogP contribution in [-0.2, 0) is 14.8 Å². The van der Waals surface area contributed by atoms with Gasteiger partial charge in [-0.15, -0.1) is 0 Å². The highest BCUT2D eigenvalue weighted by atomic mass is 35.5. The third kappa shape index (κ3) is 10.3. The molecule has 0 aliphatic carbocycles. The molecule has 11 nitrogen and oxygen atoms in total. The van der Waals surface area contributed by atoms with Gasteiger partial charge in [-0.1, -0.05) is 18.5 Å². The number of urea groups is 1. The van der Waals surface area contributed by atoms with E-state index in [-0.39, 0.29) is 48.2 Å². The van der Waals surface area contributed by atoms with Crippen LogP contribution < -0.4 is 15.4 Å². The lowest BCUT2D eigenvalue weighted by molar-refractivity contribution is -0.00833. The van der Waals surface area contributed by atoms with Crippen molar-refractivity contribution in [2.45, 2.75) is 83.1 Å². The third-order valence-electron chi connectivity index (χ3n) is 7.69. The fourth-order valence-corrected chi connectivity index (χ4v) is 6.34. The highest BCUT2D eigenvalue weighted by Crippen LogP contribution is 2.29. The summed E-state index contributed by atoms with van der Waals surface area (Å²) in [5.41, 5.74) is 0.658. The number of benzene rings is 2. The molecule has 0 unspecified atom stereocenters. The zero-order valence-corrected chi connectivity index (χ0v) is 28.5. The topological polar surface area (TPSA) is 138 Å². The maximum absolute atomic E-state index is 14.2. The standard InChI is InChI=1S/C32H47ClN4O7S/c1-21(2)34-32(40)35-26-12-15-29-28(17-26)31(39)37(23(4)20-38)18-22(3)30(43-16-8-7-9-24(5)44-29)19-36(6)45(41,42)27-13-10-25(33)11-14-27/h10-15,17,21-24,30,38H,7-9,16,18-20H2,1-6H3,(H2,34,35,40)/t22-,23+,24+,30+/m0/s1. The van der Waals surface area contributed by atoms with E-state index in [4.69, 9.17) is 21.1 Å². The predicted octanol–water partition coefficient (Wildman–Crippen LogP) is 4.99. The van der Waals surface area contributed by atoms with Gasteiger partial charge in [0.1, 0.15) is 5.75 Å². The highest BCUT2D eigenvalue weighted by molar-refractivity contribution is 7.89. The highest BCUT2D eigenvalue weighted by Gasteiger charge is 2.32. The van der Waals surface area contributed by atoms with Crippen LogP contribution in [-0.4, -0.2) is 92.3 Å². The normalized spacial score (nSPS) is 21.1. The fourth-order valence-electron chi connectivity index (χ4n) is 5.03. The van der Waals surface area contributed by atoms with Gasteiger partial charge < -0.3 is 30.1 Å². The molecule has 2 aromatic rings. The Balaban J connectivity index is 1.96. The molecule has 3 N–H and O–H groups in total. The number of sulfonamides is 1. The van der Waals surface area contributed by atoms with Crippen molar-refractivity contribution in [3.8, 4) is 5.75 Å². The van der Waals surface area contributed by atoms with E-state index in [1.54, 1.807) is 30.0 Å².